The molecule has 5 heteroatoms. The van der Waals surface area contributed by atoms with Gasteiger partial charge in [0, 0.05) is 19.1 Å². The fourth-order valence-corrected chi connectivity index (χ4v) is 5.70. The largest absolute Gasteiger partial charge is 0.316 e. The second kappa shape index (κ2) is 4.55. The quantitative estimate of drug-likeness (QED) is 0.841. The van der Waals surface area contributed by atoms with Crippen molar-refractivity contribution in [2.75, 3.05) is 31.9 Å². The Morgan fingerprint density at radius 2 is 1.80 bits per heavy atom. The van der Waals surface area contributed by atoms with E-state index in [0.717, 1.165) is 50.0 Å². The van der Waals surface area contributed by atoms with Gasteiger partial charge in [0.1, 0.15) is 0 Å². The maximum absolute atomic E-state index is 12.2. The number of fused-ring (bicyclic) bond motifs is 2. The summed E-state index contributed by atoms with van der Waals surface area (Å²) in [5.41, 5.74) is 1.02. The van der Waals surface area contributed by atoms with E-state index in [1.165, 1.54) is 0 Å². The number of likely N-dealkylation sites (tertiary alicyclic amines) is 1. The highest BCUT2D eigenvalue weighted by Gasteiger charge is 2.41. The molecule has 1 unspecified atom stereocenters. The number of nitrogens with zero attached hydrogens (tertiary/aromatic N) is 1. The van der Waals surface area contributed by atoms with Gasteiger partial charge >= 0.3 is 0 Å². The zero-order chi connectivity index (χ0) is 13.7. The predicted octanol–water partition coefficient (Wildman–Crippen LogP) is 1.06. The van der Waals surface area contributed by atoms with Gasteiger partial charge in [-0.25, -0.2) is 8.42 Å². The van der Waals surface area contributed by atoms with Gasteiger partial charge in [0.15, 0.2) is 9.84 Å². The molecule has 0 radical (unpaired) electrons. The molecule has 3 heterocycles. The molecule has 0 saturated carbocycles. The van der Waals surface area contributed by atoms with Crippen molar-refractivity contribution in [1.29, 1.82) is 0 Å². The van der Waals surface area contributed by atoms with Crippen LogP contribution in [0, 0.1) is 11.8 Å². The molecule has 3 atom stereocenters. The van der Waals surface area contributed by atoms with E-state index in [9.17, 15) is 8.42 Å². The lowest BCUT2D eigenvalue weighted by Crippen LogP contribution is -2.34. The SMILES string of the molecule is O=S1(=O)CCC(N2C[C@H]3CNC[C@H]3C2)c2ccccc21. The second-order valence-corrected chi connectivity index (χ2v) is 8.37. The van der Waals surface area contributed by atoms with Crippen molar-refractivity contribution in [2.45, 2.75) is 17.4 Å². The maximum atomic E-state index is 12.2. The van der Waals surface area contributed by atoms with Gasteiger partial charge in [-0.15, -0.1) is 0 Å². The van der Waals surface area contributed by atoms with E-state index in [4.69, 9.17) is 0 Å². The summed E-state index contributed by atoms with van der Waals surface area (Å²) in [5.74, 6) is 1.79. The number of nitrogens with one attached hydrogen (secondary N) is 1. The van der Waals surface area contributed by atoms with E-state index in [1.807, 2.05) is 18.2 Å². The van der Waals surface area contributed by atoms with Crippen LogP contribution in [0.1, 0.15) is 18.0 Å². The van der Waals surface area contributed by atoms with Crippen molar-refractivity contribution in [1.82, 2.24) is 10.2 Å². The zero-order valence-electron chi connectivity index (χ0n) is 11.5. The van der Waals surface area contributed by atoms with Gasteiger partial charge in [-0.2, -0.15) is 0 Å². The molecule has 1 N–H and O–H groups in total. The van der Waals surface area contributed by atoms with Gasteiger partial charge in [0.25, 0.3) is 0 Å². The predicted molar refractivity (Wildman–Crippen MR) is 77.3 cm³/mol. The highest BCUT2D eigenvalue weighted by atomic mass is 32.2. The summed E-state index contributed by atoms with van der Waals surface area (Å²) in [5, 5.41) is 3.46. The molecule has 108 valence electrons. The van der Waals surface area contributed by atoms with Crippen LogP contribution in [0.25, 0.3) is 0 Å². The van der Waals surface area contributed by atoms with Crippen LogP contribution in [-0.2, 0) is 9.84 Å². The van der Waals surface area contributed by atoms with Crippen molar-refractivity contribution < 1.29 is 8.42 Å². The van der Waals surface area contributed by atoms with Crippen LogP contribution in [0.3, 0.4) is 0 Å². The number of hydrogen-bond donors (Lipinski definition) is 1. The average molecular weight is 292 g/mol. The number of rotatable bonds is 1. The third-order valence-corrected chi connectivity index (χ3v) is 6.95. The number of hydrogen-bond acceptors (Lipinski definition) is 4. The van der Waals surface area contributed by atoms with E-state index < -0.39 is 9.84 Å². The lowest BCUT2D eigenvalue weighted by atomic mass is 10.0. The van der Waals surface area contributed by atoms with Gasteiger partial charge < -0.3 is 5.32 Å². The first-order chi connectivity index (χ1) is 9.65. The van der Waals surface area contributed by atoms with E-state index in [-0.39, 0.29) is 0 Å². The minimum atomic E-state index is -3.06. The van der Waals surface area contributed by atoms with Gasteiger partial charge in [-0.1, -0.05) is 18.2 Å². The normalized spacial score (nSPS) is 35.7. The monoisotopic (exact) mass is 292 g/mol. The third-order valence-electron chi connectivity index (χ3n) is 5.13. The van der Waals surface area contributed by atoms with Gasteiger partial charge in [-0.05, 0) is 43.0 Å². The molecule has 0 bridgehead atoms. The molecular weight excluding hydrogens is 272 g/mol. The lowest BCUT2D eigenvalue weighted by Gasteiger charge is -2.33. The first kappa shape index (κ1) is 12.8. The Hall–Kier alpha value is -0.910. The van der Waals surface area contributed by atoms with E-state index >= 15 is 0 Å². The first-order valence-electron chi connectivity index (χ1n) is 7.41. The molecule has 0 spiro atoms. The third kappa shape index (κ3) is 1.91. The number of sulfone groups is 1. The summed E-state index contributed by atoms with van der Waals surface area (Å²) < 4.78 is 24.4. The van der Waals surface area contributed by atoms with Crippen molar-refractivity contribution in [3.05, 3.63) is 29.8 Å². The molecule has 2 saturated heterocycles. The van der Waals surface area contributed by atoms with Crippen LogP contribution in [-0.4, -0.2) is 45.2 Å². The summed E-state index contributed by atoms with van der Waals surface area (Å²) in [6.45, 7) is 4.45. The zero-order valence-corrected chi connectivity index (χ0v) is 12.3. The molecule has 3 aliphatic rings. The molecule has 20 heavy (non-hydrogen) atoms. The molecule has 1 aromatic rings. The Bertz CT molecular complexity index is 617. The summed E-state index contributed by atoms with van der Waals surface area (Å²) >= 11 is 0. The Balaban J connectivity index is 1.67. The van der Waals surface area contributed by atoms with Crippen LogP contribution < -0.4 is 5.32 Å². The Morgan fingerprint density at radius 3 is 2.55 bits per heavy atom. The van der Waals surface area contributed by atoms with E-state index in [1.54, 1.807) is 6.07 Å². The highest BCUT2D eigenvalue weighted by molar-refractivity contribution is 7.91. The summed E-state index contributed by atoms with van der Waals surface area (Å²) in [4.78, 5) is 3.08. The maximum Gasteiger partial charge on any atom is 0.178 e. The van der Waals surface area contributed by atoms with E-state index in [2.05, 4.69) is 10.2 Å². The standard InChI is InChI=1S/C15H20N2O2S/c18-20(19)6-5-14(13-3-1-2-4-15(13)20)17-9-11-7-16-8-12(11)10-17/h1-4,11-12,14,16H,5-10H2/t11-,12+,14?. The summed E-state index contributed by atoms with van der Waals surface area (Å²) in [6.07, 6.45) is 0.742. The van der Waals surface area contributed by atoms with Gasteiger partial charge in [-0.3, -0.25) is 4.90 Å². The molecular formula is C15H20N2O2S. The molecule has 4 nitrogen and oxygen atoms in total. The van der Waals surface area contributed by atoms with E-state index in [0.29, 0.717) is 16.7 Å². The topological polar surface area (TPSA) is 49.4 Å². The van der Waals surface area contributed by atoms with Crippen molar-refractivity contribution in [2.24, 2.45) is 11.8 Å². The first-order valence-corrected chi connectivity index (χ1v) is 9.07. The molecule has 0 aromatic heterocycles. The fourth-order valence-electron chi connectivity index (χ4n) is 4.10. The molecule has 0 amide bonds. The van der Waals surface area contributed by atoms with Crippen LogP contribution in [0.15, 0.2) is 29.2 Å². The molecule has 3 aliphatic heterocycles. The second-order valence-electron chi connectivity index (χ2n) is 6.29. The van der Waals surface area contributed by atoms with Crippen LogP contribution >= 0.6 is 0 Å². The highest BCUT2D eigenvalue weighted by Crippen LogP contribution is 2.40. The smallest absolute Gasteiger partial charge is 0.178 e. The fraction of sp³-hybridized carbons (Fsp3) is 0.600. The molecule has 4 rings (SSSR count). The molecule has 2 fully saturated rings. The van der Waals surface area contributed by atoms with Crippen molar-refractivity contribution in [3.63, 3.8) is 0 Å². The molecule has 0 aliphatic carbocycles. The van der Waals surface area contributed by atoms with Crippen molar-refractivity contribution >= 4 is 9.84 Å². The Kier molecular flexibility index (Phi) is 2.91. The van der Waals surface area contributed by atoms with Crippen LogP contribution in [0.5, 0.6) is 0 Å². The Morgan fingerprint density at radius 1 is 1.10 bits per heavy atom. The summed E-state index contributed by atoms with van der Waals surface area (Å²) in [7, 11) is -3.06. The van der Waals surface area contributed by atoms with Crippen LogP contribution in [0.2, 0.25) is 0 Å². The van der Waals surface area contributed by atoms with Crippen molar-refractivity contribution in [3.8, 4) is 0 Å². The average Bonchev–Trinajstić information content (AvgIpc) is 3.00. The lowest BCUT2D eigenvalue weighted by molar-refractivity contribution is 0.217. The Labute approximate surface area is 120 Å². The minimum absolute atomic E-state index is 0.290. The van der Waals surface area contributed by atoms with Crippen LogP contribution in [0.4, 0.5) is 0 Å². The van der Waals surface area contributed by atoms with Gasteiger partial charge in [0.05, 0.1) is 10.6 Å². The summed E-state index contributed by atoms with van der Waals surface area (Å²) in [6, 6.07) is 7.87. The van der Waals surface area contributed by atoms with Gasteiger partial charge in [0.2, 0.25) is 0 Å². The minimum Gasteiger partial charge on any atom is -0.316 e. The molecule has 1 aromatic carbocycles. The number of benzene rings is 1.